The van der Waals surface area contributed by atoms with Gasteiger partial charge in [0.25, 0.3) is 6.10 Å². The molecule has 0 N–H and O–H groups in total. The zero-order valence-corrected chi connectivity index (χ0v) is 15.9. The number of ether oxygens (including phenoxy) is 1. The van der Waals surface area contributed by atoms with E-state index in [-0.39, 0.29) is 5.54 Å². The van der Waals surface area contributed by atoms with Crippen LogP contribution in [0.1, 0.15) is 20.8 Å². The van der Waals surface area contributed by atoms with Gasteiger partial charge in [-0.25, -0.2) is 4.79 Å². The highest BCUT2D eigenvalue weighted by atomic mass is 19.4. The van der Waals surface area contributed by atoms with Crippen molar-refractivity contribution in [1.29, 1.82) is 0 Å². The summed E-state index contributed by atoms with van der Waals surface area (Å²) >= 11 is 0. The third-order valence-corrected chi connectivity index (χ3v) is 4.89. The average molecular weight is 384 g/mol. The molecular weight excluding hydrogens is 361 g/mol. The summed E-state index contributed by atoms with van der Waals surface area (Å²) in [6.45, 7) is 6.14. The number of carbonyl (C=O) groups excluding carboxylic acids is 1. The first-order valence-corrected chi connectivity index (χ1v) is 8.21. The third-order valence-electron chi connectivity index (χ3n) is 4.89. The van der Waals surface area contributed by atoms with Crippen LogP contribution in [0.3, 0.4) is 0 Å². The second-order valence-electron chi connectivity index (χ2n) is 8.21. The number of alkyl halides is 6. The van der Waals surface area contributed by atoms with Crippen LogP contribution in [-0.4, -0.2) is 95.0 Å². The lowest BCUT2D eigenvalue weighted by molar-refractivity contribution is -0.308. The van der Waals surface area contributed by atoms with Crippen molar-refractivity contribution in [1.82, 2.24) is 9.80 Å². The van der Waals surface area contributed by atoms with Crippen molar-refractivity contribution in [3.63, 3.8) is 0 Å². The van der Waals surface area contributed by atoms with Gasteiger partial charge in [-0.1, -0.05) is 0 Å². The lowest BCUT2D eigenvalue weighted by atomic mass is 9.48. The van der Waals surface area contributed by atoms with Gasteiger partial charge in [-0.2, -0.15) is 26.3 Å². The number of piperazine rings is 1. The van der Waals surface area contributed by atoms with Crippen molar-refractivity contribution < 1.29 is 35.9 Å². The SMILES string of the molecule is BC1CN(C(C)(C)C)C(B)(B)C(B)N1C(=O)OC(C(F)(F)F)C(F)(F)F. The normalized spacial score (nSPS) is 25.4. The lowest BCUT2D eigenvalue weighted by Gasteiger charge is -2.59. The Balaban J connectivity index is 3.13. The summed E-state index contributed by atoms with van der Waals surface area (Å²) in [5.74, 6) is -1.29. The Morgan fingerprint density at radius 1 is 1.08 bits per heavy atom. The quantitative estimate of drug-likeness (QED) is 0.424. The molecule has 1 aliphatic rings. The molecule has 0 aromatic heterocycles. The van der Waals surface area contributed by atoms with Crippen molar-refractivity contribution in [3.8, 4) is 0 Å². The molecule has 1 rings (SSSR count). The van der Waals surface area contributed by atoms with E-state index in [4.69, 9.17) is 0 Å². The van der Waals surface area contributed by atoms with Crippen molar-refractivity contribution >= 4 is 37.5 Å². The number of hydrogen-bond donors (Lipinski definition) is 0. The van der Waals surface area contributed by atoms with Crippen LogP contribution < -0.4 is 0 Å². The highest BCUT2D eigenvalue weighted by Gasteiger charge is 2.61. The smallest absolute Gasteiger partial charge is 0.426 e. The van der Waals surface area contributed by atoms with Gasteiger partial charge in [-0.15, -0.1) is 0 Å². The minimum Gasteiger partial charge on any atom is -0.426 e. The number of nitrogens with zero attached hydrogens (tertiary/aromatic N) is 2. The van der Waals surface area contributed by atoms with E-state index in [1.165, 1.54) is 0 Å². The molecule has 0 aromatic carbocycles. The molecule has 14 heteroatoms. The number of carbonyl (C=O) groups is 1. The van der Waals surface area contributed by atoms with Crippen molar-refractivity contribution in [3.05, 3.63) is 0 Å². The third kappa shape index (κ3) is 4.67. The number of hydrogen-bond acceptors (Lipinski definition) is 3. The maximum absolute atomic E-state index is 12.7. The highest BCUT2D eigenvalue weighted by molar-refractivity contribution is 6.44. The first-order valence-electron chi connectivity index (χ1n) is 8.21. The fourth-order valence-electron chi connectivity index (χ4n) is 3.49. The Morgan fingerprint density at radius 2 is 1.50 bits per heavy atom. The van der Waals surface area contributed by atoms with E-state index in [0.717, 1.165) is 4.90 Å². The van der Waals surface area contributed by atoms with Crippen LogP contribution in [0.4, 0.5) is 31.1 Å². The predicted molar refractivity (Wildman–Crippen MR) is 95.2 cm³/mol. The molecule has 0 aromatic rings. The maximum atomic E-state index is 12.7. The molecule has 2 atom stereocenters. The topological polar surface area (TPSA) is 32.8 Å². The van der Waals surface area contributed by atoms with Crippen LogP contribution in [0, 0.1) is 0 Å². The van der Waals surface area contributed by atoms with Gasteiger partial charge in [-0.3, -0.25) is 0 Å². The Bertz CT molecular complexity index is 523. The fraction of sp³-hybridized carbons (Fsp3) is 0.917. The van der Waals surface area contributed by atoms with Crippen LogP contribution in [0.15, 0.2) is 0 Å². The van der Waals surface area contributed by atoms with Gasteiger partial charge >= 0.3 is 18.4 Å². The van der Waals surface area contributed by atoms with Crippen LogP contribution >= 0.6 is 0 Å². The summed E-state index contributed by atoms with van der Waals surface area (Å²) in [6, 6.07) is 0. The number of amides is 1. The zero-order chi connectivity index (χ0) is 20.9. The van der Waals surface area contributed by atoms with Gasteiger partial charge in [-0.05, 0) is 26.1 Å². The van der Waals surface area contributed by atoms with Crippen LogP contribution in [0.2, 0.25) is 0 Å². The van der Waals surface area contributed by atoms with E-state index in [0.29, 0.717) is 6.54 Å². The Labute approximate surface area is 152 Å². The Kier molecular flexibility index (Phi) is 6.14. The average Bonchev–Trinajstić information content (AvgIpc) is 2.37. The minimum atomic E-state index is -5.73. The van der Waals surface area contributed by atoms with Crippen LogP contribution in [0.25, 0.3) is 0 Å². The summed E-state index contributed by atoms with van der Waals surface area (Å²) in [6.07, 6.45) is -17.2. The van der Waals surface area contributed by atoms with E-state index in [2.05, 4.69) is 9.64 Å². The van der Waals surface area contributed by atoms with Crippen molar-refractivity contribution in [2.75, 3.05) is 6.54 Å². The molecule has 0 saturated carbocycles. The lowest BCUT2D eigenvalue weighted by Crippen LogP contribution is -2.76. The zero-order valence-electron chi connectivity index (χ0n) is 15.9. The van der Waals surface area contributed by atoms with Gasteiger partial charge in [0.2, 0.25) is 0 Å². The molecule has 146 valence electrons. The highest BCUT2D eigenvalue weighted by Crippen LogP contribution is 2.37. The van der Waals surface area contributed by atoms with Gasteiger partial charge in [0, 0.05) is 24.0 Å². The molecule has 0 spiro atoms. The molecule has 2 unspecified atom stereocenters. The fourth-order valence-corrected chi connectivity index (χ4v) is 3.49. The molecule has 0 radical (unpaired) electrons. The standard InChI is InChI=1S/C12H22B4F6N2O2/c1-9(2,3)23-4-5(13)24(7(14)10(23,15)16)8(25)26-6(11(17,18)19)12(20,21)22/h5-7H,4,13-16H2,1-3H3. The Morgan fingerprint density at radius 3 is 1.85 bits per heavy atom. The van der Waals surface area contributed by atoms with E-state index in [9.17, 15) is 31.1 Å². The molecule has 0 bridgehead atoms. The van der Waals surface area contributed by atoms with E-state index >= 15 is 0 Å². The first-order chi connectivity index (χ1) is 11.3. The van der Waals surface area contributed by atoms with E-state index in [1.54, 1.807) is 31.4 Å². The molecule has 1 aliphatic heterocycles. The molecule has 1 heterocycles. The second kappa shape index (κ2) is 6.91. The monoisotopic (exact) mass is 384 g/mol. The summed E-state index contributed by atoms with van der Waals surface area (Å²) < 4.78 is 80.0. The van der Waals surface area contributed by atoms with Gasteiger partial charge < -0.3 is 14.5 Å². The van der Waals surface area contributed by atoms with E-state index < -0.39 is 41.8 Å². The Hall–Kier alpha value is -0.930. The van der Waals surface area contributed by atoms with E-state index in [1.807, 2.05) is 20.8 Å². The molecular formula is C12H22B4F6N2O2. The summed E-state index contributed by atoms with van der Waals surface area (Å²) in [4.78, 5) is 15.3. The minimum absolute atomic E-state index is 0.290. The number of halogens is 6. The van der Waals surface area contributed by atoms with Crippen LogP contribution in [0.5, 0.6) is 0 Å². The van der Waals surface area contributed by atoms with Crippen molar-refractivity contribution in [2.45, 2.75) is 62.0 Å². The van der Waals surface area contributed by atoms with Gasteiger partial charge in [0.15, 0.2) is 0 Å². The predicted octanol–water partition coefficient (Wildman–Crippen LogP) is -1.13. The molecule has 1 amide bonds. The molecule has 0 aliphatic carbocycles. The second-order valence-corrected chi connectivity index (χ2v) is 8.21. The molecule has 26 heavy (non-hydrogen) atoms. The van der Waals surface area contributed by atoms with Crippen LogP contribution in [-0.2, 0) is 4.74 Å². The number of rotatable bonds is 1. The maximum Gasteiger partial charge on any atom is 0.434 e. The summed E-state index contributed by atoms with van der Waals surface area (Å²) in [5, 5.41) is -0.685. The molecule has 1 fully saturated rings. The summed E-state index contributed by atoms with van der Waals surface area (Å²) in [7, 11) is 6.74. The summed E-state index contributed by atoms with van der Waals surface area (Å²) in [5.41, 5.74) is -0.303. The molecule has 4 nitrogen and oxygen atoms in total. The van der Waals surface area contributed by atoms with Gasteiger partial charge in [0.05, 0.1) is 0 Å². The first kappa shape index (κ1) is 23.1. The van der Waals surface area contributed by atoms with Gasteiger partial charge in [0.1, 0.15) is 31.4 Å². The largest absolute Gasteiger partial charge is 0.434 e. The molecule has 1 saturated heterocycles. The van der Waals surface area contributed by atoms with Crippen molar-refractivity contribution in [2.24, 2.45) is 0 Å².